The Bertz CT molecular complexity index is 237. The van der Waals surface area contributed by atoms with Gasteiger partial charge in [0.05, 0.1) is 11.3 Å². The molecule has 0 aromatic carbocycles. The average Bonchev–Trinajstić information content (AvgIpc) is 2.04. The van der Waals surface area contributed by atoms with E-state index in [0.717, 1.165) is 12.8 Å². The third-order valence-electron chi connectivity index (χ3n) is 2.99. The van der Waals surface area contributed by atoms with Gasteiger partial charge in [-0.3, -0.25) is 9.59 Å². The molecule has 0 spiro atoms. The summed E-state index contributed by atoms with van der Waals surface area (Å²) >= 11 is 0. The zero-order valence-electron chi connectivity index (χ0n) is 8.12. The maximum atomic E-state index is 10.9. The Kier molecular flexibility index (Phi) is 4.07. The minimum absolute atomic E-state index is 0. The van der Waals surface area contributed by atoms with Crippen molar-refractivity contribution < 1.29 is 25.3 Å². The maximum absolute atomic E-state index is 10.9. The van der Waals surface area contributed by atoms with Gasteiger partial charge in [-0.25, -0.2) is 0 Å². The molecule has 0 aromatic rings. The summed E-state index contributed by atoms with van der Waals surface area (Å²) in [7, 11) is 0. The monoisotopic (exact) mass is 204 g/mol. The van der Waals surface area contributed by atoms with Crippen LogP contribution in [0.15, 0.2) is 0 Å². The van der Waals surface area contributed by atoms with Crippen molar-refractivity contribution >= 4 is 11.9 Å². The quantitative estimate of drug-likeness (QED) is 0.684. The van der Waals surface area contributed by atoms with Crippen molar-refractivity contribution in [1.82, 2.24) is 0 Å². The summed E-state index contributed by atoms with van der Waals surface area (Å²) < 4.78 is 0. The number of carbonyl (C=O) groups is 2. The molecule has 0 heterocycles. The number of carboxylic acid groups (broad SMARTS) is 2. The Morgan fingerprint density at radius 2 is 1.86 bits per heavy atom. The Morgan fingerprint density at radius 3 is 2.21 bits per heavy atom. The van der Waals surface area contributed by atoms with E-state index in [9.17, 15) is 9.59 Å². The van der Waals surface area contributed by atoms with E-state index < -0.39 is 23.3 Å². The molecular weight excluding hydrogens is 188 g/mol. The molecule has 4 N–H and O–H groups in total. The van der Waals surface area contributed by atoms with Crippen LogP contribution >= 0.6 is 0 Å². The second-order valence-corrected chi connectivity index (χ2v) is 3.86. The summed E-state index contributed by atoms with van der Waals surface area (Å²) in [6.45, 7) is 1.54. The molecule has 0 amide bonds. The highest BCUT2D eigenvalue weighted by atomic mass is 16.4. The molecule has 1 saturated carbocycles. The fourth-order valence-corrected chi connectivity index (χ4v) is 1.99. The van der Waals surface area contributed by atoms with Crippen LogP contribution in [0.25, 0.3) is 0 Å². The van der Waals surface area contributed by atoms with Gasteiger partial charge >= 0.3 is 11.9 Å². The first-order valence-corrected chi connectivity index (χ1v) is 4.44. The lowest BCUT2D eigenvalue weighted by atomic mass is 9.67. The summed E-state index contributed by atoms with van der Waals surface area (Å²) in [6.07, 6.45) is 2.59. The predicted octanol–water partition coefficient (Wildman–Crippen LogP) is 0.527. The fourth-order valence-electron chi connectivity index (χ4n) is 1.99. The van der Waals surface area contributed by atoms with Crippen LogP contribution < -0.4 is 0 Å². The lowest BCUT2D eigenvalue weighted by Crippen LogP contribution is -2.42. The van der Waals surface area contributed by atoms with E-state index in [0.29, 0.717) is 12.8 Å². The van der Waals surface area contributed by atoms with E-state index >= 15 is 0 Å². The fraction of sp³-hybridized carbons (Fsp3) is 0.778. The molecule has 2 atom stereocenters. The molecule has 0 radical (unpaired) electrons. The van der Waals surface area contributed by atoms with Gasteiger partial charge in [-0.05, 0) is 19.8 Å². The van der Waals surface area contributed by atoms with Crippen molar-refractivity contribution in [1.29, 1.82) is 0 Å². The molecule has 82 valence electrons. The zero-order chi connectivity index (χ0) is 10.1. The van der Waals surface area contributed by atoms with E-state index in [1.807, 2.05) is 0 Å². The molecule has 0 bridgehead atoms. The number of hydrogen-bond acceptors (Lipinski definition) is 2. The van der Waals surface area contributed by atoms with E-state index in [1.165, 1.54) is 6.92 Å². The molecule has 0 aromatic heterocycles. The van der Waals surface area contributed by atoms with Crippen molar-refractivity contribution in [3.05, 3.63) is 0 Å². The Labute approximate surface area is 82.0 Å². The summed E-state index contributed by atoms with van der Waals surface area (Å²) in [5.41, 5.74) is -1.07. The number of carboxylic acids is 2. The van der Waals surface area contributed by atoms with Crippen molar-refractivity contribution in [2.45, 2.75) is 32.6 Å². The van der Waals surface area contributed by atoms with E-state index in [-0.39, 0.29) is 5.48 Å². The maximum Gasteiger partial charge on any atom is 0.310 e. The van der Waals surface area contributed by atoms with Crippen LogP contribution in [0.3, 0.4) is 0 Å². The molecule has 2 unspecified atom stereocenters. The summed E-state index contributed by atoms with van der Waals surface area (Å²) in [4.78, 5) is 21.7. The van der Waals surface area contributed by atoms with Crippen LogP contribution in [-0.4, -0.2) is 27.6 Å². The summed E-state index contributed by atoms with van der Waals surface area (Å²) in [5, 5.41) is 17.8. The highest BCUT2D eigenvalue weighted by Crippen LogP contribution is 2.41. The van der Waals surface area contributed by atoms with Crippen molar-refractivity contribution in [2.24, 2.45) is 11.3 Å². The second-order valence-electron chi connectivity index (χ2n) is 3.86. The number of rotatable bonds is 2. The van der Waals surface area contributed by atoms with Crippen molar-refractivity contribution in [2.75, 3.05) is 0 Å². The Balaban J connectivity index is 0.00000169. The predicted molar refractivity (Wildman–Crippen MR) is 49.0 cm³/mol. The molecular formula is C9H16O5. The second kappa shape index (κ2) is 4.41. The largest absolute Gasteiger partial charge is 0.481 e. The first-order valence-electron chi connectivity index (χ1n) is 4.44. The normalized spacial score (nSPS) is 31.6. The number of hydrogen-bond donors (Lipinski definition) is 2. The molecule has 5 heteroatoms. The van der Waals surface area contributed by atoms with Crippen LogP contribution in [0, 0.1) is 11.3 Å². The lowest BCUT2D eigenvalue weighted by molar-refractivity contribution is -0.164. The molecule has 1 aliphatic carbocycles. The number of aliphatic carboxylic acids is 2. The average molecular weight is 204 g/mol. The van der Waals surface area contributed by atoms with Crippen LogP contribution in [0.2, 0.25) is 0 Å². The molecule has 0 aliphatic heterocycles. The van der Waals surface area contributed by atoms with Gasteiger partial charge in [-0.1, -0.05) is 12.8 Å². The van der Waals surface area contributed by atoms with Crippen LogP contribution in [-0.2, 0) is 9.59 Å². The first kappa shape index (κ1) is 12.9. The van der Waals surface area contributed by atoms with E-state index in [4.69, 9.17) is 10.2 Å². The highest BCUT2D eigenvalue weighted by Gasteiger charge is 2.46. The van der Waals surface area contributed by atoms with Crippen LogP contribution in [0.4, 0.5) is 0 Å². The van der Waals surface area contributed by atoms with Gasteiger partial charge in [0.1, 0.15) is 0 Å². The summed E-state index contributed by atoms with van der Waals surface area (Å²) in [6, 6.07) is 0. The van der Waals surface area contributed by atoms with Crippen LogP contribution in [0.1, 0.15) is 32.6 Å². The first-order chi connectivity index (χ1) is 5.98. The molecule has 14 heavy (non-hydrogen) atoms. The van der Waals surface area contributed by atoms with Crippen molar-refractivity contribution in [3.8, 4) is 0 Å². The molecule has 5 nitrogen and oxygen atoms in total. The van der Waals surface area contributed by atoms with E-state index in [1.54, 1.807) is 0 Å². The Morgan fingerprint density at radius 1 is 1.29 bits per heavy atom. The zero-order valence-corrected chi connectivity index (χ0v) is 8.12. The van der Waals surface area contributed by atoms with Gasteiger partial charge in [0, 0.05) is 0 Å². The van der Waals surface area contributed by atoms with Gasteiger partial charge in [0.15, 0.2) is 0 Å². The standard InChI is InChI=1S/C9H14O4.H2O/c1-9(8(12)13)5-3-2-4-6(9)7(10)11;/h6H,2-5H2,1H3,(H,10,11)(H,12,13);1H2. The van der Waals surface area contributed by atoms with Gasteiger partial charge < -0.3 is 15.7 Å². The SMILES string of the molecule is CC1(C(=O)O)CCCCC1C(=O)O.O. The molecule has 1 fully saturated rings. The molecule has 1 aliphatic rings. The van der Waals surface area contributed by atoms with Gasteiger partial charge in [0.25, 0.3) is 0 Å². The lowest BCUT2D eigenvalue weighted by Gasteiger charge is -2.34. The minimum Gasteiger partial charge on any atom is -0.481 e. The van der Waals surface area contributed by atoms with Gasteiger partial charge in [0.2, 0.25) is 0 Å². The van der Waals surface area contributed by atoms with E-state index in [2.05, 4.69) is 0 Å². The van der Waals surface area contributed by atoms with Crippen LogP contribution in [0.5, 0.6) is 0 Å². The smallest absolute Gasteiger partial charge is 0.310 e. The van der Waals surface area contributed by atoms with Crippen molar-refractivity contribution in [3.63, 3.8) is 0 Å². The Hall–Kier alpha value is -1.10. The van der Waals surface area contributed by atoms with Gasteiger partial charge in [-0.2, -0.15) is 0 Å². The third kappa shape index (κ3) is 2.04. The topological polar surface area (TPSA) is 106 Å². The highest BCUT2D eigenvalue weighted by molar-refractivity contribution is 5.83. The summed E-state index contributed by atoms with van der Waals surface area (Å²) in [5.74, 6) is -2.69. The molecule has 0 saturated heterocycles. The molecule has 1 rings (SSSR count). The van der Waals surface area contributed by atoms with Gasteiger partial charge in [-0.15, -0.1) is 0 Å². The minimum atomic E-state index is -1.07. The third-order valence-corrected chi connectivity index (χ3v) is 2.99.